The maximum absolute atomic E-state index is 12.2. The molecular formula is C18H29N3O. The van der Waals surface area contributed by atoms with Crippen LogP contribution in [0.2, 0.25) is 0 Å². The number of benzene rings is 1. The lowest BCUT2D eigenvalue weighted by molar-refractivity contribution is -0.123. The average Bonchev–Trinajstić information content (AvgIpc) is 2.40. The maximum atomic E-state index is 12.2. The van der Waals surface area contributed by atoms with Crippen LogP contribution in [0.25, 0.3) is 0 Å². The lowest BCUT2D eigenvalue weighted by Gasteiger charge is -2.34. The minimum Gasteiger partial charge on any atom is -0.397 e. The summed E-state index contributed by atoms with van der Waals surface area (Å²) in [5.41, 5.74) is 9.37. The number of hydrogen-bond donors (Lipinski definition) is 2. The number of anilines is 3. The third kappa shape index (κ3) is 3.73. The first kappa shape index (κ1) is 16.7. The highest BCUT2D eigenvalue weighted by molar-refractivity contribution is 5.98. The number of piperidine rings is 1. The minimum atomic E-state index is -0.433. The van der Waals surface area contributed by atoms with E-state index >= 15 is 0 Å². The van der Waals surface area contributed by atoms with Gasteiger partial charge in [-0.2, -0.15) is 0 Å². The predicted octanol–water partition coefficient (Wildman–Crippen LogP) is 3.80. The van der Waals surface area contributed by atoms with Gasteiger partial charge >= 0.3 is 0 Å². The van der Waals surface area contributed by atoms with Crippen LogP contribution in [0, 0.1) is 18.3 Å². The largest absolute Gasteiger partial charge is 0.397 e. The third-order valence-corrected chi connectivity index (χ3v) is 4.30. The van der Waals surface area contributed by atoms with Gasteiger partial charge < -0.3 is 16.0 Å². The van der Waals surface area contributed by atoms with Crippen LogP contribution in [-0.4, -0.2) is 19.0 Å². The van der Waals surface area contributed by atoms with Crippen molar-refractivity contribution >= 4 is 23.0 Å². The average molecular weight is 303 g/mol. The van der Waals surface area contributed by atoms with Gasteiger partial charge in [-0.05, 0) is 43.4 Å². The molecule has 3 N–H and O–H groups in total. The van der Waals surface area contributed by atoms with Crippen LogP contribution in [0.15, 0.2) is 12.1 Å². The summed E-state index contributed by atoms with van der Waals surface area (Å²) in [4.78, 5) is 14.6. The van der Waals surface area contributed by atoms with Crippen LogP contribution in [0.1, 0.15) is 46.1 Å². The Hall–Kier alpha value is -1.71. The second-order valence-electron chi connectivity index (χ2n) is 7.62. The smallest absolute Gasteiger partial charge is 0.229 e. The van der Waals surface area contributed by atoms with Crippen molar-refractivity contribution in [3.8, 4) is 0 Å². The number of amides is 1. The van der Waals surface area contributed by atoms with E-state index in [1.165, 1.54) is 24.1 Å². The van der Waals surface area contributed by atoms with Gasteiger partial charge in [0, 0.05) is 24.2 Å². The van der Waals surface area contributed by atoms with Crippen molar-refractivity contribution in [2.45, 2.75) is 47.5 Å². The number of aryl methyl sites for hydroxylation is 1. The topological polar surface area (TPSA) is 58.4 Å². The van der Waals surface area contributed by atoms with Gasteiger partial charge in [0.1, 0.15) is 0 Å². The SMILES string of the molecule is Cc1cc(N)c(NC(=O)C(C)(C)C)cc1N1CCC[C@H](C)C1. The van der Waals surface area contributed by atoms with E-state index in [1.807, 2.05) is 32.9 Å². The van der Waals surface area contributed by atoms with Gasteiger partial charge in [-0.3, -0.25) is 4.79 Å². The Morgan fingerprint density at radius 1 is 1.36 bits per heavy atom. The molecule has 22 heavy (non-hydrogen) atoms. The van der Waals surface area contributed by atoms with E-state index in [0.29, 0.717) is 11.6 Å². The Kier molecular flexibility index (Phi) is 4.69. The molecule has 0 bridgehead atoms. The normalized spacial score (nSPS) is 19.1. The highest BCUT2D eigenvalue weighted by Gasteiger charge is 2.23. The van der Waals surface area contributed by atoms with Gasteiger partial charge in [-0.1, -0.05) is 27.7 Å². The van der Waals surface area contributed by atoms with Crippen molar-refractivity contribution in [1.29, 1.82) is 0 Å². The van der Waals surface area contributed by atoms with Crippen LogP contribution in [0.3, 0.4) is 0 Å². The molecule has 1 aromatic carbocycles. The van der Waals surface area contributed by atoms with E-state index in [0.717, 1.165) is 18.8 Å². The van der Waals surface area contributed by atoms with Crippen LogP contribution in [-0.2, 0) is 4.79 Å². The van der Waals surface area contributed by atoms with Gasteiger partial charge in [0.05, 0.1) is 11.4 Å². The van der Waals surface area contributed by atoms with Crippen molar-refractivity contribution in [3.63, 3.8) is 0 Å². The molecule has 4 heteroatoms. The van der Waals surface area contributed by atoms with E-state index < -0.39 is 5.41 Å². The molecule has 1 atom stereocenters. The standard InChI is InChI=1S/C18H29N3O/c1-12-7-6-8-21(11-12)16-10-15(14(19)9-13(16)2)20-17(22)18(3,4)5/h9-10,12H,6-8,11,19H2,1-5H3,(H,20,22)/t12-/m0/s1. The van der Waals surface area contributed by atoms with Crippen molar-refractivity contribution in [2.75, 3.05) is 29.0 Å². The number of nitrogens with zero attached hydrogens (tertiary/aromatic N) is 1. The molecule has 0 radical (unpaired) electrons. The summed E-state index contributed by atoms with van der Waals surface area (Å²) in [5, 5.41) is 2.98. The van der Waals surface area contributed by atoms with Crippen LogP contribution in [0.4, 0.5) is 17.1 Å². The molecule has 1 fully saturated rings. The third-order valence-electron chi connectivity index (χ3n) is 4.30. The number of carbonyl (C=O) groups excluding carboxylic acids is 1. The fraction of sp³-hybridized carbons (Fsp3) is 0.611. The zero-order valence-corrected chi connectivity index (χ0v) is 14.5. The van der Waals surface area contributed by atoms with E-state index in [-0.39, 0.29) is 5.91 Å². The Balaban J connectivity index is 2.28. The molecule has 0 spiro atoms. The Labute approximate surface area is 134 Å². The highest BCUT2D eigenvalue weighted by Crippen LogP contribution is 2.33. The molecule has 0 unspecified atom stereocenters. The highest BCUT2D eigenvalue weighted by atomic mass is 16.2. The first-order valence-electron chi connectivity index (χ1n) is 8.15. The number of nitrogen functional groups attached to an aromatic ring is 1. The fourth-order valence-electron chi connectivity index (χ4n) is 2.89. The summed E-state index contributed by atoms with van der Waals surface area (Å²) in [5.74, 6) is 0.694. The molecule has 4 nitrogen and oxygen atoms in total. The first-order chi connectivity index (χ1) is 10.2. The van der Waals surface area contributed by atoms with Crippen molar-refractivity contribution in [2.24, 2.45) is 11.3 Å². The van der Waals surface area contributed by atoms with Gasteiger partial charge in [-0.25, -0.2) is 0 Å². The molecule has 0 saturated carbocycles. The molecule has 1 saturated heterocycles. The summed E-state index contributed by atoms with van der Waals surface area (Å²) in [7, 11) is 0. The van der Waals surface area contributed by atoms with Gasteiger partial charge in [0.2, 0.25) is 5.91 Å². The van der Waals surface area contributed by atoms with E-state index in [1.54, 1.807) is 0 Å². The van der Waals surface area contributed by atoms with Crippen molar-refractivity contribution in [3.05, 3.63) is 17.7 Å². The number of nitrogens with two attached hydrogens (primary N) is 1. The summed E-state index contributed by atoms with van der Waals surface area (Å²) < 4.78 is 0. The van der Waals surface area contributed by atoms with E-state index in [2.05, 4.69) is 24.1 Å². The van der Waals surface area contributed by atoms with Crippen LogP contribution in [0.5, 0.6) is 0 Å². The summed E-state index contributed by atoms with van der Waals surface area (Å²) in [6.07, 6.45) is 2.51. The summed E-state index contributed by atoms with van der Waals surface area (Å²) >= 11 is 0. The lowest BCUT2D eigenvalue weighted by atomic mass is 9.95. The molecule has 122 valence electrons. The second-order valence-corrected chi connectivity index (χ2v) is 7.62. The first-order valence-corrected chi connectivity index (χ1v) is 8.15. The zero-order valence-electron chi connectivity index (χ0n) is 14.5. The predicted molar refractivity (Wildman–Crippen MR) is 94.3 cm³/mol. The molecular weight excluding hydrogens is 274 g/mol. The van der Waals surface area contributed by atoms with Crippen LogP contribution < -0.4 is 16.0 Å². The lowest BCUT2D eigenvalue weighted by Crippen LogP contribution is -2.35. The van der Waals surface area contributed by atoms with Crippen molar-refractivity contribution < 1.29 is 4.79 Å². The molecule has 1 aliphatic rings. The Morgan fingerprint density at radius 3 is 2.64 bits per heavy atom. The molecule has 2 rings (SSSR count). The Bertz CT molecular complexity index is 560. The number of hydrogen-bond acceptors (Lipinski definition) is 3. The molecule has 1 aliphatic heterocycles. The molecule has 1 aromatic rings. The zero-order chi connectivity index (χ0) is 16.5. The number of rotatable bonds is 2. The molecule has 0 aromatic heterocycles. The summed E-state index contributed by atoms with van der Waals surface area (Å²) in [6.45, 7) is 12.2. The monoisotopic (exact) mass is 303 g/mol. The fourth-order valence-corrected chi connectivity index (χ4v) is 2.89. The summed E-state index contributed by atoms with van der Waals surface area (Å²) in [6, 6.07) is 4.00. The Morgan fingerprint density at radius 2 is 2.05 bits per heavy atom. The number of carbonyl (C=O) groups is 1. The van der Waals surface area contributed by atoms with Crippen molar-refractivity contribution in [1.82, 2.24) is 0 Å². The minimum absolute atomic E-state index is 0.0129. The van der Waals surface area contributed by atoms with Gasteiger partial charge in [0.15, 0.2) is 0 Å². The van der Waals surface area contributed by atoms with Gasteiger partial charge in [0.25, 0.3) is 0 Å². The molecule has 1 amide bonds. The quantitative estimate of drug-likeness (QED) is 0.817. The maximum Gasteiger partial charge on any atom is 0.229 e. The van der Waals surface area contributed by atoms with E-state index in [9.17, 15) is 4.79 Å². The van der Waals surface area contributed by atoms with Crippen LogP contribution >= 0.6 is 0 Å². The number of nitrogens with one attached hydrogen (secondary N) is 1. The van der Waals surface area contributed by atoms with Gasteiger partial charge in [-0.15, -0.1) is 0 Å². The molecule has 1 heterocycles. The second kappa shape index (κ2) is 6.19. The molecule has 0 aliphatic carbocycles. The van der Waals surface area contributed by atoms with E-state index in [4.69, 9.17) is 5.73 Å².